The van der Waals surface area contributed by atoms with Crippen LogP contribution in [0.3, 0.4) is 0 Å². The second-order valence-electron chi connectivity index (χ2n) is 6.48. The maximum Gasteiger partial charge on any atom is 0.119 e. The molecule has 0 radical (unpaired) electrons. The molecule has 0 spiro atoms. The van der Waals surface area contributed by atoms with Crippen LogP contribution in [-0.4, -0.2) is 22.0 Å². The SMILES string of the molecule is COc1ccc(C(O)c2cn(C)nc2C(C)(C)C)c(C)c1. The first-order valence-electron chi connectivity index (χ1n) is 7.10. The average Bonchev–Trinajstić information content (AvgIpc) is 2.80. The zero-order valence-corrected chi connectivity index (χ0v) is 13.6. The zero-order valence-electron chi connectivity index (χ0n) is 13.6. The van der Waals surface area contributed by atoms with Crippen molar-refractivity contribution in [2.45, 2.75) is 39.2 Å². The molecule has 0 fully saturated rings. The van der Waals surface area contributed by atoms with E-state index in [0.717, 1.165) is 28.1 Å². The average molecular weight is 288 g/mol. The maximum atomic E-state index is 10.8. The summed E-state index contributed by atoms with van der Waals surface area (Å²) < 4.78 is 6.98. The topological polar surface area (TPSA) is 47.3 Å². The summed E-state index contributed by atoms with van der Waals surface area (Å²) in [6.45, 7) is 8.29. The van der Waals surface area contributed by atoms with Crippen molar-refractivity contribution in [1.29, 1.82) is 0 Å². The van der Waals surface area contributed by atoms with Crippen LogP contribution in [-0.2, 0) is 12.5 Å². The van der Waals surface area contributed by atoms with Crippen molar-refractivity contribution < 1.29 is 9.84 Å². The summed E-state index contributed by atoms with van der Waals surface area (Å²) >= 11 is 0. The summed E-state index contributed by atoms with van der Waals surface area (Å²) in [5, 5.41) is 15.3. The molecule has 1 unspecified atom stereocenters. The summed E-state index contributed by atoms with van der Waals surface area (Å²) in [6.07, 6.45) is 1.22. The maximum absolute atomic E-state index is 10.8. The molecule has 0 saturated heterocycles. The van der Waals surface area contributed by atoms with E-state index < -0.39 is 6.10 Å². The van der Waals surface area contributed by atoms with Crippen molar-refractivity contribution in [2.75, 3.05) is 7.11 Å². The number of aryl methyl sites for hydroxylation is 2. The van der Waals surface area contributed by atoms with Crippen LogP contribution in [0.5, 0.6) is 5.75 Å². The van der Waals surface area contributed by atoms with Gasteiger partial charge in [-0.15, -0.1) is 0 Å². The number of aliphatic hydroxyl groups is 1. The second kappa shape index (κ2) is 5.53. The van der Waals surface area contributed by atoms with Crippen molar-refractivity contribution in [3.05, 3.63) is 46.8 Å². The van der Waals surface area contributed by atoms with Crippen molar-refractivity contribution in [2.24, 2.45) is 7.05 Å². The predicted octanol–water partition coefficient (Wildman–Crippen LogP) is 3.12. The number of methoxy groups -OCH3 is 1. The number of rotatable bonds is 3. The van der Waals surface area contributed by atoms with E-state index in [2.05, 4.69) is 25.9 Å². The van der Waals surface area contributed by atoms with Crippen LogP contribution in [0.1, 0.15) is 49.3 Å². The fourth-order valence-corrected chi connectivity index (χ4v) is 2.54. The highest BCUT2D eigenvalue weighted by molar-refractivity contribution is 5.41. The van der Waals surface area contributed by atoms with Gasteiger partial charge in [-0.2, -0.15) is 5.10 Å². The number of nitrogens with zero attached hydrogens (tertiary/aromatic N) is 2. The third-order valence-electron chi connectivity index (χ3n) is 3.63. The summed E-state index contributed by atoms with van der Waals surface area (Å²) in [7, 11) is 3.52. The van der Waals surface area contributed by atoms with Gasteiger partial charge in [0.05, 0.1) is 12.8 Å². The Morgan fingerprint density at radius 1 is 1.24 bits per heavy atom. The second-order valence-corrected chi connectivity index (χ2v) is 6.48. The third kappa shape index (κ3) is 3.10. The van der Waals surface area contributed by atoms with Crippen LogP contribution in [0.15, 0.2) is 24.4 Å². The molecule has 114 valence electrons. The Hall–Kier alpha value is -1.81. The van der Waals surface area contributed by atoms with Crippen LogP contribution in [0.4, 0.5) is 0 Å². The molecule has 21 heavy (non-hydrogen) atoms. The van der Waals surface area contributed by atoms with Gasteiger partial charge in [0.1, 0.15) is 11.9 Å². The Bertz CT molecular complexity index is 639. The van der Waals surface area contributed by atoms with E-state index in [1.807, 2.05) is 38.4 Å². The van der Waals surface area contributed by atoms with E-state index in [1.54, 1.807) is 11.8 Å². The molecule has 0 bridgehead atoms. The molecule has 1 heterocycles. The molecule has 2 rings (SSSR count). The lowest BCUT2D eigenvalue weighted by atomic mass is 9.86. The van der Waals surface area contributed by atoms with Crippen LogP contribution in [0, 0.1) is 6.92 Å². The van der Waals surface area contributed by atoms with E-state index >= 15 is 0 Å². The minimum atomic E-state index is -0.682. The van der Waals surface area contributed by atoms with Gasteiger partial charge in [-0.1, -0.05) is 26.8 Å². The molecular weight excluding hydrogens is 264 g/mol. The fraction of sp³-hybridized carbons (Fsp3) is 0.471. The number of aromatic nitrogens is 2. The van der Waals surface area contributed by atoms with Crippen LogP contribution < -0.4 is 4.74 Å². The van der Waals surface area contributed by atoms with Crippen molar-refractivity contribution in [3.8, 4) is 5.75 Å². The Morgan fingerprint density at radius 3 is 2.43 bits per heavy atom. The Kier molecular flexibility index (Phi) is 4.10. The van der Waals surface area contributed by atoms with Gasteiger partial charge in [-0.3, -0.25) is 4.68 Å². The lowest BCUT2D eigenvalue weighted by molar-refractivity contribution is 0.216. The van der Waals surface area contributed by atoms with Crippen molar-refractivity contribution >= 4 is 0 Å². The number of aliphatic hydroxyl groups excluding tert-OH is 1. The Balaban J connectivity index is 2.48. The molecule has 1 N–H and O–H groups in total. The van der Waals surface area contributed by atoms with E-state index in [0.29, 0.717) is 0 Å². The monoisotopic (exact) mass is 288 g/mol. The molecule has 0 aliphatic rings. The van der Waals surface area contributed by atoms with E-state index in [4.69, 9.17) is 4.74 Å². The number of hydrogen-bond acceptors (Lipinski definition) is 3. The van der Waals surface area contributed by atoms with Gasteiger partial charge < -0.3 is 9.84 Å². The van der Waals surface area contributed by atoms with Gasteiger partial charge in [-0.05, 0) is 30.2 Å². The molecule has 0 saturated carbocycles. The molecule has 4 heteroatoms. The molecular formula is C17H24N2O2. The Morgan fingerprint density at radius 2 is 1.90 bits per heavy atom. The normalized spacial score (nSPS) is 13.3. The first-order valence-corrected chi connectivity index (χ1v) is 7.10. The standard InChI is InChI=1S/C17H24N2O2/c1-11-9-12(21-6)7-8-13(11)15(20)14-10-19(5)18-16(14)17(2,3)4/h7-10,15,20H,1-6H3. The lowest BCUT2D eigenvalue weighted by Gasteiger charge is -2.21. The smallest absolute Gasteiger partial charge is 0.119 e. The van der Waals surface area contributed by atoms with Gasteiger partial charge in [0, 0.05) is 24.2 Å². The van der Waals surface area contributed by atoms with Gasteiger partial charge in [-0.25, -0.2) is 0 Å². The molecule has 0 aliphatic heterocycles. The van der Waals surface area contributed by atoms with Crippen LogP contribution >= 0.6 is 0 Å². The minimum absolute atomic E-state index is 0.113. The van der Waals surface area contributed by atoms with E-state index in [-0.39, 0.29) is 5.41 Å². The highest BCUT2D eigenvalue weighted by Gasteiger charge is 2.27. The van der Waals surface area contributed by atoms with Crippen molar-refractivity contribution in [1.82, 2.24) is 9.78 Å². The third-order valence-corrected chi connectivity index (χ3v) is 3.63. The number of ether oxygens (including phenoxy) is 1. The summed E-state index contributed by atoms with van der Waals surface area (Å²) in [5.41, 5.74) is 3.56. The molecule has 4 nitrogen and oxygen atoms in total. The first-order chi connectivity index (χ1) is 9.74. The molecule has 2 aromatic rings. The van der Waals surface area contributed by atoms with Crippen LogP contribution in [0.2, 0.25) is 0 Å². The molecule has 0 amide bonds. The fourth-order valence-electron chi connectivity index (χ4n) is 2.54. The summed E-state index contributed by atoms with van der Waals surface area (Å²) in [6, 6.07) is 5.72. The van der Waals surface area contributed by atoms with Gasteiger partial charge in [0.15, 0.2) is 0 Å². The summed E-state index contributed by atoms with van der Waals surface area (Å²) in [4.78, 5) is 0. The quantitative estimate of drug-likeness (QED) is 0.944. The van der Waals surface area contributed by atoms with Gasteiger partial charge >= 0.3 is 0 Å². The summed E-state index contributed by atoms with van der Waals surface area (Å²) in [5.74, 6) is 0.797. The predicted molar refractivity (Wildman–Crippen MR) is 83.7 cm³/mol. The minimum Gasteiger partial charge on any atom is -0.497 e. The van der Waals surface area contributed by atoms with E-state index in [1.165, 1.54) is 0 Å². The first kappa shape index (κ1) is 15.6. The largest absolute Gasteiger partial charge is 0.497 e. The van der Waals surface area contributed by atoms with Crippen LogP contribution in [0.25, 0.3) is 0 Å². The van der Waals surface area contributed by atoms with Gasteiger partial charge in [0.25, 0.3) is 0 Å². The lowest BCUT2D eigenvalue weighted by Crippen LogP contribution is -2.17. The highest BCUT2D eigenvalue weighted by atomic mass is 16.5. The zero-order chi connectivity index (χ0) is 15.8. The van der Waals surface area contributed by atoms with Crippen molar-refractivity contribution in [3.63, 3.8) is 0 Å². The highest BCUT2D eigenvalue weighted by Crippen LogP contribution is 2.33. The Labute approximate surface area is 126 Å². The molecule has 0 aliphatic carbocycles. The molecule has 1 aromatic carbocycles. The van der Waals surface area contributed by atoms with Gasteiger partial charge in [0.2, 0.25) is 0 Å². The molecule has 1 atom stereocenters. The van der Waals surface area contributed by atoms with E-state index in [9.17, 15) is 5.11 Å². The number of hydrogen-bond donors (Lipinski definition) is 1. The number of benzene rings is 1. The molecule has 1 aromatic heterocycles.